The van der Waals surface area contributed by atoms with Gasteiger partial charge in [-0.3, -0.25) is 0 Å². The quantitative estimate of drug-likeness (QED) is 0.597. The van der Waals surface area contributed by atoms with Crippen LogP contribution in [0.2, 0.25) is 0 Å². The van der Waals surface area contributed by atoms with E-state index >= 15 is 0 Å². The molecule has 0 aliphatic rings. The molecule has 2 heteroatoms. The van der Waals surface area contributed by atoms with Gasteiger partial charge in [0, 0.05) is 12.1 Å². The number of allylic oxidation sites excluding steroid dienone is 1. The summed E-state index contributed by atoms with van der Waals surface area (Å²) in [6.07, 6.45) is 3.39. The molecule has 0 unspecified atom stereocenters. The third kappa shape index (κ3) is 3.26. The number of hydrogen-bond acceptors (Lipinski definition) is 2. The van der Waals surface area contributed by atoms with Gasteiger partial charge in [0.15, 0.2) is 0 Å². The molecule has 56 valence electrons. The highest BCUT2D eigenvalue weighted by atomic mass is 14.9. The Balaban J connectivity index is 3.85. The molecule has 0 heterocycles. The van der Waals surface area contributed by atoms with Gasteiger partial charge in [0.25, 0.3) is 0 Å². The molecule has 10 heavy (non-hydrogen) atoms. The first-order valence-electron chi connectivity index (χ1n) is 3.46. The van der Waals surface area contributed by atoms with Crippen LogP contribution in [-0.4, -0.2) is 13.1 Å². The van der Waals surface area contributed by atoms with Gasteiger partial charge in [-0.05, 0) is 13.0 Å². The van der Waals surface area contributed by atoms with E-state index in [1.807, 2.05) is 19.2 Å². The first-order valence-corrected chi connectivity index (χ1v) is 3.46. The van der Waals surface area contributed by atoms with E-state index in [1.165, 1.54) is 6.08 Å². The number of hydrogen-bond donors (Lipinski definition) is 1. The predicted molar refractivity (Wildman–Crippen MR) is 42.4 cm³/mol. The van der Waals surface area contributed by atoms with Gasteiger partial charge < -0.3 is 5.32 Å². The summed E-state index contributed by atoms with van der Waals surface area (Å²) in [7, 11) is 1.90. The van der Waals surface area contributed by atoms with Crippen molar-refractivity contribution in [3.63, 3.8) is 0 Å². The average Bonchev–Trinajstić information content (AvgIpc) is 1.89. The van der Waals surface area contributed by atoms with Crippen molar-refractivity contribution in [1.82, 2.24) is 5.32 Å². The molecule has 1 N–H and O–H groups in total. The molecule has 0 aliphatic heterocycles. The zero-order valence-electron chi connectivity index (χ0n) is 6.76. The maximum absolute atomic E-state index is 8.23. The lowest BCUT2D eigenvalue weighted by Crippen LogP contribution is -2.28. The molecule has 0 aromatic rings. The van der Waals surface area contributed by atoms with Crippen LogP contribution in [0.4, 0.5) is 0 Å². The van der Waals surface area contributed by atoms with Gasteiger partial charge in [-0.2, -0.15) is 5.26 Å². The first-order chi connectivity index (χ1) is 4.72. The number of rotatable bonds is 3. The lowest BCUT2D eigenvalue weighted by molar-refractivity contribution is 0.499. The average molecular weight is 138 g/mol. The molecular formula is C8H14N2. The smallest absolute Gasteiger partial charge is 0.0909 e. The molecule has 0 amide bonds. The number of nitrogens with zero attached hydrogens (tertiary/aromatic N) is 1. The Hall–Kier alpha value is -0.810. The van der Waals surface area contributed by atoms with E-state index in [4.69, 9.17) is 5.26 Å². The van der Waals surface area contributed by atoms with Crippen molar-refractivity contribution in [3.8, 4) is 6.07 Å². The highest BCUT2D eigenvalue weighted by molar-refractivity contribution is 5.06. The number of likely N-dealkylation sites (N-methyl/N-ethyl adjacent to an activating group) is 1. The summed E-state index contributed by atoms with van der Waals surface area (Å²) in [4.78, 5) is 0. The van der Waals surface area contributed by atoms with Crippen molar-refractivity contribution in [2.45, 2.75) is 19.9 Å². The maximum Gasteiger partial charge on any atom is 0.0909 e. The van der Waals surface area contributed by atoms with Crippen LogP contribution in [0.25, 0.3) is 0 Å². The van der Waals surface area contributed by atoms with E-state index in [2.05, 4.69) is 19.2 Å². The fourth-order valence-electron chi connectivity index (χ4n) is 0.798. The first kappa shape index (κ1) is 9.19. The summed E-state index contributed by atoms with van der Waals surface area (Å²) in [5, 5.41) is 11.3. The molecule has 2 nitrogen and oxygen atoms in total. The number of nitriles is 1. The zero-order chi connectivity index (χ0) is 7.98. The van der Waals surface area contributed by atoms with Crippen LogP contribution < -0.4 is 5.32 Å². The van der Waals surface area contributed by atoms with Gasteiger partial charge in [-0.25, -0.2) is 0 Å². The summed E-state index contributed by atoms with van der Waals surface area (Å²) < 4.78 is 0. The monoisotopic (exact) mass is 138 g/mol. The van der Waals surface area contributed by atoms with E-state index in [9.17, 15) is 0 Å². The molecule has 0 aromatic heterocycles. The fraction of sp³-hybridized carbons (Fsp3) is 0.625. The summed E-state index contributed by atoms with van der Waals surface area (Å²) in [6.45, 7) is 4.23. The molecule has 0 saturated carbocycles. The number of nitrogens with one attached hydrogen (secondary N) is 1. The molecule has 0 rings (SSSR count). The second-order valence-corrected chi connectivity index (χ2v) is 2.55. The molecule has 0 aromatic carbocycles. The van der Waals surface area contributed by atoms with Crippen molar-refractivity contribution in [3.05, 3.63) is 12.2 Å². The third-order valence-corrected chi connectivity index (χ3v) is 1.43. The molecule has 0 radical (unpaired) electrons. The predicted octanol–water partition coefficient (Wildman–Crippen LogP) is 1.31. The van der Waals surface area contributed by atoms with Gasteiger partial charge in [-0.1, -0.05) is 19.9 Å². The van der Waals surface area contributed by atoms with Crippen LogP contribution in [0.1, 0.15) is 13.8 Å². The van der Waals surface area contributed by atoms with Gasteiger partial charge >= 0.3 is 0 Å². The summed E-state index contributed by atoms with van der Waals surface area (Å²) >= 11 is 0. The third-order valence-electron chi connectivity index (χ3n) is 1.43. The molecule has 0 bridgehead atoms. The van der Waals surface area contributed by atoms with Crippen LogP contribution >= 0.6 is 0 Å². The van der Waals surface area contributed by atoms with Crippen molar-refractivity contribution in [2.75, 3.05) is 7.05 Å². The minimum Gasteiger partial charge on any atom is -0.313 e. The Kier molecular flexibility index (Phi) is 4.61. The lowest BCUT2D eigenvalue weighted by atomic mass is 10.0. The Morgan fingerprint density at radius 3 is 2.40 bits per heavy atom. The Morgan fingerprint density at radius 2 is 2.10 bits per heavy atom. The molecule has 1 atom stereocenters. The van der Waals surface area contributed by atoms with Crippen LogP contribution in [-0.2, 0) is 0 Å². The second kappa shape index (κ2) is 5.01. The van der Waals surface area contributed by atoms with Crippen LogP contribution in [0.3, 0.4) is 0 Å². The molecule has 0 aliphatic carbocycles. The standard InChI is InChI=1S/C8H14N2/c1-7(2)8(10-3)5-4-6-9/h4-5,7-8,10H,1-3H3/t8-/m1/s1. The molecule has 0 saturated heterocycles. The summed E-state index contributed by atoms with van der Waals surface area (Å²) in [6, 6.07) is 2.29. The maximum atomic E-state index is 8.23. The van der Waals surface area contributed by atoms with Crippen LogP contribution in [0.5, 0.6) is 0 Å². The van der Waals surface area contributed by atoms with Gasteiger partial charge in [-0.15, -0.1) is 0 Å². The Labute approximate surface area is 62.5 Å². The van der Waals surface area contributed by atoms with Gasteiger partial charge in [0.05, 0.1) is 6.07 Å². The van der Waals surface area contributed by atoms with Crippen LogP contribution in [0.15, 0.2) is 12.2 Å². The van der Waals surface area contributed by atoms with Gasteiger partial charge in [0.1, 0.15) is 0 Å². The SMILES string of the molecule is CN[C@H](C=CC#N)C(C)C. The minimum atomic E-state index is 0.319. The van der Waals surface area contributed by atoms with E-state index in [-0.39, 0.29) is 0 Å². The highest BCUT2D eigenvalue weighted by Crippen LogP contribution is 2.01. The molecule has 0 fully saturated rings. The Morgan fingerprint density at radius 1 is 1.50 bits per heavy atom. The minimum absolute atomic E-state index is 0.319. The molecular weight excluding hydrogens is 124 g/mol. The van der Waals surface area contributed by atoms with Crippen molar-refractivity contribution in [2.24, 2.45) is 5.92 Å². The van der Waals surface area contributed by atoms with Crippen molar-refractivity contribution < 1.29 is 0 Å². The van der Waals surface area contributed by atoms with E-state index in [0.717, 1.165) is 0 Å². The molecule has 0 spiro atoms. The summed E-state index contributed by atoms with van der Waals surface area (Å²) in [5.74, 6) is 0.537. The zero-order valence-corrected chi connectivity index (χ0v) is 6.76. The second-order valence-electron chi connectivity index (χ2n) is 2.55. The fourth-order valence-corrected chi connectivity index (χ4v) is 0.798. The van der Waals surface area contributed by atoms with Crippen molar-refractivity contribution >= 4 is 0 Å². The van der Waals surface area contributed by atoms with E-state index in [0.29, 0.717) is 12.0 Å². The Bertz CT molecular complexity index is 142. The van der Waals surface area contributed by atoms with Crippen molar-refractivity contribution in [1.29, 1.82) is 5.26 Å². The normalized spacial score (nSPS) is 13.9. The van der Waals surface area contributed by atoms with E-state index < -0.39 is 0 Å². The highest BCUT2D eigenvalue weighted by Gasteiger charge is 2.04. The van der Waals surface area contributed by atoms with Crippen LogP contribution in [0, 0.1) is 17.2 Å². The lowest BCUT2D eigenvalue weighted by Gasteiger charge is -2.14. The van der Waals surface area contributed by atoms with E-state index in [1.54, 1.807) is 0 Å². The van der Waals surface area contributed by atoms with Gasteiger partial charge in [0.2, 0.25) is 0 Å². The largest absolute Gasteiger partial charge is 0.313 e. The summed E-state index contributed by atoms with van der Waals surface area (Å²) in [5.41, 5.74) is 0. The topological polar surface area (TPSA) is 35.8 Å².